The summed E-state index contributed by atoms with van der Waals surface area (Å²) in [5.41, 5.74) is 3.18. The summed E-state index contributed by atoms with van der Waals surface area (Å²) in [5.74, 6) is 0.0439. The van der Waals surface area contributed by atoms with Gasteiger partial charge in [0.1, 0.15) is 18.2 Å². The van der Waals surface area contributed by atoms with Crippen molar-refractivity contribution in [1.29, 1.82) is 0 Å². The number of hydrogen-bond acceptors (Lipinski definition) is 3. The summed E-state index contributed by atoms with van der Waals surface area (Å²) < 4.78 is 20.7. The molecule has 1 heterocycles. The SMILES string of the molecule is CN(Cc1cnn(-c2ccccc2)c1)C(=O)c1ccccc1OCc1ccc(F)cc1. The lowest BCUT2D eigenvalue weighted by atomic mass is 10.1. The molecule has 156 valence electrons. The van der Waals surface area contributed by atoms with Crippen LogP contribution in [0, 0.1) is 5.82 Å². The highest BCUT2D eigenvalue weighted by Crippen LogP contribution is 2.22. The summed E-state index contributed by atoms with van der Waals surface area (Å²) in [6.45, 7) is 0.663. The third kappa shape index (κ3) is 4.98. The Bertz CT molecular complexity index is 1160. The summed E-state index contributed by atoms with van der Waals surface area (Å²) >= 11 is 0. The van der Waals surface area contributed by atoms with Crippen LogP contribution in [0.25, 0.3) is 5.69 Å². The quantitative estimate of drug-likeness (QED) is 0.433. The van der Waals surface area contributed by atoms with Gasteiger partial charge in [0.15, 0.2) is 0 Å². The van der Waals surface area contributed by atoms with Crippen LogP contribution in [0.4, 0.5) is 4.39 Å². The second-order valence-corrected chi connectivity index (χ2v) is 7.20. The number of hydrogen-bond donors (Lipinski definition) is 0. The molecule has 0 fully saturated rings. The van der Waals surface area contributed by atoms with E-state index in [4.69, 9.17) is 4.74 Å². The molecule has 0 N–H and O–H groups in total. The molecule has 0 atom stereocenters. The molecule has 1 aromatic heterocycles. The molecular formula is C25H22FN3O2. The highest BCUT2D eigenvalue weighted by molar-refractivity contribution is 5.96. The highest BCUT2D eigenvalue weighted by Gasteiger charge is 2.17. The number of nitrogens with zero attached hydrogens (tertiary/aromatic N) is 3. The molecule has 0 saturated carbocycles. The van der Waals surface area contributed by atoms with Crippen LogP contribution >= 0.6 is 0 Å². The number of aromatic nitrogens is 2. The first-order chi connectivity index (χ1) is 15.1. The fraction of sp³-hybridized carbons (Fsp3) is 0.120. The Balaban J connectivity index is 1.44. The number of rotatable bonds is 7. The minimum Gasteiger partial charge on any atom is -0.488 e. The van der Waals surface area contributed by atoms with Gasteiger partial charge in [-0.15, -0.1) is 0 Å². The Hall–Kier alpha value is -3.93. The number of amides is 1. The molecule has 0 spiro atoms. The smallest absolute Gasteiger partial charge is 0.257 e. The largest absolute Gasteiger partial charge is 0.488 e. The topological polar surface area (TPSA) is 47.4 Å². The van der Waals surface area contributed by atoms with Gasteiger partial charge in [-0.05, 0) is 42.0 Å². The number of benzene rings is 3. The highest BCUT2D eigenvalue weighted by atomic mass is 19.1. The van der Waals surface area contributed by atoms with Gasteiger partial charge in [0, 0.05) is 25.4 Å². The van der Waals surface area contributed by atoms with E-state index in [0.717, 1.165) is 16.8 Å². The maximum Gasteiger partial charge on any atom is 0.257 e. The number of para-hydroxylation sites is 2. The molecule has 3 aromatic carbocycles. The second-order valence-electron chi connectivity index (χ2n) is 7.20. The fourth-order valence-electron chi connectivity index (χ4n) is 3.23. The summed E-state index contributed by atoms with van der Waals surface area (Å²) in [5, 5.41) is 4.39. The molecular weight excluding hydrogens is 393 g/mol. The van der Waals surface area contributed by atoms with Crippen molar-refractivity contribution in [3.05, 3.63) is 114 Å². The first-order valence-corrected chi connectivity index (χ1v) is 9.91. The van der Waals surface area contributed by atoms with Crippen LogP contribution in [-0.4, -0.2) is 27.6 Å². The van der Waals surface area contributed by atoms with Crippen LogP contribution in [0.2, 0.25) is 0 Å². The van der Waals surface area contributed by atoms with Gasteiger partial charge in [0.2, 0.25) is 0 Å². The standard InChI is InChI=1S/C25H22FN3O2/c1-28(16-20-15-27-29(17-20)22-7-3-2-4-8-22)25(30)23-9-5-6-10-24(23)31-18-19-11-13-21(26)14-12-19/h2-15,17H,16,18H2,1H3. The molecule has 0 radical (unpaired) electrons. The van der Waals surface area contributed by atoms with Crippen LogP contribution in [-0.2, 0) is 13.2 Å². The van der Waals surface area contributed by atoms with Gasteiger partial charge in [-0.25, -0.2) is 9.07 Å². The molecule has 4 aromatic rings. The number of ether oxygens (including phenoxy) is 1. The molecule has 0 aliphatic heterocycles. The predicted octanol–water partition coefficient (Wildman–Crippen LogP) is 4.86. The Labute approximate surface area is 180 Å². The molecule has 0 bridgehead atoms. The first-order valence-electron chi connectivity index (χ1n) is 9.91. The Morgan fingerprint density at radius 3 is 2.45 bits per heavy atom. The zero-order valence-electron chi connectivity index (χ0n) is 17.1. The van der Waals surface area contributed by atoms with Gasteiger partial charge in [0.05, 0.1) is 17.4 Å². The van der Waals surface area contributed by atoms with Gasteiger partial charge >= 0.3 is 0 Å². The summed E-state index contributed by atoms with van der Waals surface area (Å²) in [7, 11) is 1.75. The van der Waals surface area contributed by atoms with E-state index in [0.29, 0.717) is 17.9 Å². The minimum atomic E-state index is -0.295. The van der Waals surface area contributed by atoms with E-state index in [-0.39, 0.29) is 18.3 Å². The van der Waals surface area contributed by atoms with Gasteiger partial charge < -0.3 is 9.64 Å². The minimum absolute atomic E-state index is 0.151. The average Bonchev–Trinajstić information content (AvgIpc) is 3.27. The van der Waals surface area contributed by atoms with Gasteiger partial charge in [-0.3, -0.25) is 4.79 Å². The Morgan fingerprint density at radius 2 is 1.68 bits per heavy atom. The Morgan fingerprint density at radius 1 is 0.968 bits per heavy atom. The molecule has 1 amide bonds. The molecule has 0 unspecified atom stereocenters. The molecule has 0 saturated heterocycles. The van der Waals surface area contributed by atoms with Crippen LogP contribution in [0.3, 0.4) is 0 Å². The fourth-order valence-corrected chi connectivity index (χ4v) is 3.23. The number of carbonyl (C=O) groups is 1. The molecule has 0 aliphatic rings. The third-order valence-corrected chi connectivity index (χ3v) is 4.85. The lowest BCUT2D eigenvalue weighted by Gasteiger charge is -2.18. The molecule has 6 heteroatoms. The lowest BCUT2D eigenvalue weighted by Crippen LogP contribution is -2.26. The first kappa shape index (κ1) is 20.3. The van der Waals surface area contributed by atoms with Gasteiger partial charge in [-0.2, -0.15) is 5.10 Å². The number of halogens is 1. The molecule has 31 heavy (non-hydrogen) atoms. The predicted molar refractivity (Wildman–Crippen MR) is 117 cm³/mol. The normalized spacial score (nSPS) is 10.6. The maximum absolute atomic E-state index is 13.1. The van der Waals surface area contributed by atoms with Crippen LogP contribution < -0.4 is 4.74 Å². The van der Waals surface area contributed by atoms with Crippen LogP contribution in [0.15, 0.2) is 91.3 Å². The van der Waals surface area contributed by atoms with Crippen molar-refractivity contribution in [2.45, 2.75) is 13.2 Å². The van der Waals surface area contributed by atoms with Crippen LogP contribution in [0.5, 0.6) is 5.75 Å². The summed E-state index contributed by atoms with van der Waals surface area (Å²) in [6.07, 6.45) is 3.67. The second kappa shape index (κ2) is 9.26. The molecule has 0 aliphatic carbocycles. The lowest BCUT2D eigenvalue weighted by molar-refractivity contribution is 0.0780. The average molecular weight is 415 g/mol. The Kier molecular flexibility index (Phi) is 6.08. The van der Waals surface area contributed by atoms with Crippen LogP contribution in [0.1, 0.15) is 21.5 Å². The molecule has 4 rings (SSSR count). The van der Waals surface area contributed by atoms with Crippen molar-refractivity contribution in [3.8, 4) is 11.4 Å². The van der Waals surface area contributed by atoms with Crippen molar-refractivity contribution in [2.24, 2.45) is 0 Å². The van der Waals surface area contributed by atoms with Crippen molar-refractivity contribution in [1.82, 2.24) is 14.7 Å². The van der Waals surface area contributed by atoms with Crippen molar-refractivity contribution in [3.63, 3.8) is 0 Å². The van der Waals surface area contributed by atoms with E-state index < -0.39 is 0 Å². The van der Waals surface area contributed by atoms with E-state index >= 15 is 0 Å². The molecule has 5 nitrogen and oxygen atoms in total. The maximum atomic E-state index is 13.1. The zero-order chi connectivity index (χ0) is 21.6. The van der Waals surface area contributed by atoms with Crippen molar-refractivity contribution >= 4 is 5.91 Å². The summed E-state index contributed by atoms with van der Waals surface area (Å²) in [4.78, 5) is 14.7. The van der Waals surface area contributed by atoms with Crippen molar-refractivity contribution in [2.75, 3.05) is 7.05 Å². The van der Waals surface area contributed by atoms with E-state index in [2.05, 4.69) is 5.10 Å². The third-order valence-electron chi connectivity index (χ3n) is 4.85. The van der Waals surface area contributed by atoms with E-state index in [1.165, 1.54) is 12.1 Å². The zero-order valence-corrected chi connectivity index (χ0v) is 17.1. The van der Waals surface area contributed by atoms with Gasteiger partial charge in [-0.1, -0.05) is 42.5 Å². The van der Waals surface area contributed by atoms with E-state index in [1.807, 2.05) is 42.6 Å². The number of carbonyl (C=O) groups excluding carboxylic acids is 1. The summed E-state index contributed by atoms with van der Waals surface area (Å²) in [6, 6.07) is 23.0. The van der Waals surface area contributed by atoms with Gasteiger partial charge in [0.25, 0.3) is 5.91 Å². The van der Waals surface area contributed by atoms with E-state index in [9.17, 15) is 9.18 Å². The monoisotopic (exact) mass is 415 g/mol. The van der Waals surface area contributed by atoms with E-state index in [1.54, 1.807) is 53.2 Å². The van der Waals surface area contributed by atoms with Crippen molar-refractivity contribution < 1.29 is 13.9 Å².